The summed E-state index contributed by atoms with van der Waals surface area (Å²) in [4.78, 5) is 76.5. The SMILES string of the molecule is CC(CN1C(=O)CNC(=O)c2cc(CCCCCN)ccc21)(c1ccccc1)[C@@]1(C(=O)OCc2ccccc2)NC1(C=O)CC=O.O=C(O)C(F)(F)F. The lowest BCUT2D eigenvalue weighted by molar-refractivity contribution is -0.192. The Morgan fingerprint density at radius 3 is 2.19 bits per heavy atom. The maximum Gasteiger partial charge on any atom is 0.490 e. The number of carboxylic acids is 1. The van der Waals surface area contributed by atoms with Crippen molar-refractivity contribution in [2.45, 2.75) is 68.3 Å². The lowest BCUT2D eigenvalue weighted by Gasteiger charge is -2.41. The standard InChI is InChI=1S/C36H40N4O6.C2HF3O2/c1-34(28-14-8-3-9-15-28,36(35(25-42,39-36)18-20-41)33(45)46-23-27-12-5-2-6-13-27)24-40-30-17-16-26(11-7-4-10-19-37)21-29(30)32(44)38-22-31(40)43;3-2(4,5)1(6)7/h2-3,5-6,8-9,12-17,20-21,25,39H,4,7,10-11,18-19,22-24,37H2,1H3,(H,38,44);(H,6,7)/t34?,35?,36-;/m1./s1. The van der Waals surface area contributed by atoms with Gasteiger partial charge in [-0.25, -0.2) is 9.59 Å². The number of carbonyl (C=O) groups excluding carboxylic acids is 5. The zero-order valence-electron chi connectivity index (χ0n) is 29.0. The first-order valence-corrected chi connectivity index (χ1v) is 16.9. The molecule has 12 nitrogen and oxygen atoms in total. The number of nitrogens with zero attached hydrogens (tertiary/aromatic N) is 1. The first-order valence-electron chi connectivity index (χ1n) is 16.9. The average Bonchev–Trinajstić information content (AvgIpc) is 3.86. The molecular formula is C38H41F3N4O8. The fraction of sp³-hybridized carbons (Fsp3) is 0.368. The zero-order valence-corrected chi connectivity index (χ0v) is 29.0. The predicted octanol–water partition coefficient (Wildman–Crippen LogP) is 3.64. The van der Waals surface area contributed by atoms with Gasteiger partial charge in [0, 0.05) is 18.4 Å². The average molecular weight is 739 g/mol. The molecule has 3 atom stereocenters. The Morgan fingerprint density at radius 2 is 1.60 bits per heavy atom. The number of aldehydes is 2. The highest BCUT2D eigenvalue weighted by Gasteiger charge is 2.80. The lowest BCUT2D eigenvalue weighted by atomic mass is 9.65. The van der Waals surface area contributed by atoms with E-state index >= 15 is 0 Å². The monoisotopic (exact) mass is 738 g/mol. The Labute approximate surface area is 303 Å². The van der Waals surface area contributed by atoms with Crippen LogP contribution in [0, 0.1) is 0 Å². The lowest BCUT2D eigenvalue weighted by Crippen LogP contribution is -2.59. The number of esters is 1. The fourth-order valence-corrected chi connectivity index (χ4v) is 6.73. The minimum absolute atomic E-state index is 0.0536. The molecule has 5 N–H and O–H groups in total. The van der Waals surface area contributed by atoms with Crippen LogP contribution in [0.3, 0.4) is 0 Å². The molecule has 15 heteroatoms. The number of nitrogens with one attached hydrogen (secondary N) is 2. The number of alkyl halides is 3. The number of ether oxygens (including phenoxy) is 1. The third-order valence-electron chi connectivity index (χ3n) is 9.57. The Morgan fingerprint density at radius 1 is 0.962 bits per heavy atom. The number of nitrogens with two attached hydrogens (primary N) is 1. The summed E-state index contributed by atoms with van der Waals surface area (Å²) < 4.78 is 37.6. The highest BCUT2D eigenvalue weighted by atomic mass is 19.4. The summed E-state index contributed by atoms with van der Waals surface area (Å²) in [6, 6.07) is 23.7. The van der Waals surface area contributed by atoms with Crippen LogP contribution in [-0.2, 0) is 47.2 Å². The molecule has 3 aromatic rings. The highest BCUT2D eigenvalue weighted by Crippen LogP contribution is 2.55. The number of carboxylic acid groups (broad SMARTS) is 1. The van der Waals surface area contributed by atoms with Crippen molar-refractivity contribution in [3.8, 4) is 0 Å². The topological polar surface area (TPSA) is 195 Å². The van der Waals surface area contributed by atoms with Gasteiger partial charge >= 0.3 is 18.1 Å². The summed E-state index contributed by atoms with van der Waals surface area (Å²) in [6.45, 7) is 2.00. The number of aliphatic carboxylic acids is 1. The van der Waals surface area contributed by atoms with Crippen LogP contribution in [0.5, 0.6) is 0 Å². The molecule has 0 bridgehead atoms. The summed E-state index contributed by atoms with van der Waals surface area (Å²) in [7, 11) is 0. The van der Waals surface area contributed by atoms with E-state index in [1.165, 1.54) is 4.90 Å². The number of hydrogen-bond donors (Lipinski definition) is 4. The molecular weight excluding hydrogens is 697 g/mol. The summed E-state index contributed by atoms with van der Waals surface area (Å²) in [5, 5.41) is 13.0. The van der Waals surface area contributed by atoms with Crippen molar-refractivity contribution in [2.24, 2.45) is 5.73 Å². The molecule has 0 aliphatic carbocycles. The van der Waals surface area contributed by atoms with Crippen LogP contribution in [0.25, 0.3) is 0 Å². The molecule has 0 aromatic heterocycles. The number of unbranched alkanes of at least 4 members (excludes halogenated alkanes) is 2. The molecule has 2 amide bonds. The number of carbonyl (C=O) groups is 6. The van der Waals surface area contributed by atoms with E-state index in [-0.39, 0.29) is 37.9 Å². The van der Waals surface area contributed by atoms with Crippen molar-refractivity contribution in [1.82, 2.24) is 10.6 Å². The smallest absolute Gasteiger partial charge is 0.475 e. The van der Waals surface area contributed by atoms with Gasteiger partial charge in [-0.05, 0) is 54.6 Å². The molecule has 1 fully saturated rings. The van der Waals surface area contributed by atoms with Crippen molar-refractivity contribution in [1.29, 1.82) is 0 Å². The van der Waals surface area contributed by atoms with E-state index < -0.39 is 34.6 Å². The van der Waals surface area contributed by atoms with Gasteiger partial charge in [0.1, 0.15) is 24.7 Å². The van der Waals surface area contributed by atoms with Crippen molar-refractivity contribution in [3.05, 3.63) is 101 Å². The number of rotatable bonds is 15. The molecule has 0 radical (unpaired) electrons. The Balaban J connectivity index is 0.000000815. The normalized spacial score (nSPS) is 20.4. The number of halogens is 3. The van der Waals surface area contributed by atoms with E-state index in [1.54, 1.807) is 19.1 Å². The van der Waals surface area contributed by atoms with Crippen molar-refractivity contribution >= 4 is 42.0 Å². The summed E-state index contributed by atoms with van der Waals surface area (Å²) >= 11 is 0. The fourth-order valence-electron chi connectivity index (χ4n) is 6.73. The van der Waals surface area contributed by atoms with Crippen LogP contribution in [0.4, 0.5) is 18.9 Å². The van der Waals surface area contributed by atoms with Gasteiger partial charge in [0.05, 0.1) is 17.8 Å². The molecule has 0 saturated carbocycles. The molecule has 53 heavy (non-hydrogen) atoms. The quantitative estimate of drug-likeness (QED) is 0.0774. The number of benzene rings is 3. The molecule has 2 aliphatic rings. The Kier molecular flexibility index (Phi) is 12.9. The van der Waals surface area contributed by atoms with E-state index in [0.29, 0.717) is 35.9 Å². The second kappa shape index (κ2) is 16.9. The van der Waals surface area contributed by atoms with Gasteiger partial charge in [-0.1, -0.05) is 80.1 Å². The Hall–Kier alpha value is -5.41. The van der Waals surface area contributed by atoms with Gasteiger partial charge in [-0.3, -0.25) is 14.9 Å². The number of hydrogen-bond acceptors (Lipinski definition) is 9. The van der Waals surface area contributed by atoms with Crippen LogP contribution in [0.1, 0.15) is 59.7 Å². The molecule has 2 aliphatic heterocycles. The molecule has 282 valence electrons. The van der Waals surface area contributed by atoms with Crippen LogP contribution < -0.4 is 21.3 Å². The third-order valence-corrected chi connectivity index (χ3v) is 9.57. The van der Waals surface area contributed by atoms with Crippen LogP contribution >= 0.6 is 0 Å². The second-order valence-electron chi connectivity index (χ2n) is 13.0. The molecule has 5 rings (SSSR count). The third kappa shape index (κ3) is 8.63. The van der Waals surface area contributed by atoms with Gasteiger partial charge in [0.15, 0.2) is 5.54 Å². The number of aryl methyl sites for hydroxylation is 1. The molecule has 3 aromatic carbocycles. The minimum Gasteiger partial charge on any atom is -0.475 e. The van der Waals surface area contributed by atoms with E-state index in [9.17, 15) is 37.1 Å². The van der Waals surface area contributed by atoms with Crippen LogP contribution in [0.2, 0.25) is 0 Å². The van der Waals surface area contributed by atoms with Gasteiger partial charge in [0.25, 0.3) is 5.91 Å². The number of amides is 2. The minimum atomic E-state index is -5.08. The van der Waals surface area contributed by atoms with Gasteiger partial charge in [-0.15, -0.1) is 0 Å². The zero-order chi connectivity index (χ0) is 38.9. The molecule has 2 unspecified atom stereocenters. The van der Waals surface area contributed by atoms with Gasteiger partial charge < -0.3 is 35.4 Å². The van der Waals surface area contributed by atoms with Crippen molar-refractivity contribution < 1.29 is 51.8 Å². The van der Waals surface area contributed by atoms with E-state index in [0.717, 1.165) is 36.8 Å². The summed E-state index contributed by atoms with van der Waals surface area (Å²) in [6.07, 6.45) is -0.621. The molecule has 1 saturated heterocycles. The van der Waals surface area contributed by atoms with E-state index in [4.69, 9.17) is 20.4 Å². The van der Waals surface area contributed by atoms with Gasteiger partial charge in [-0.2, -0.15) is 13.2 Å². The highest BCUT2D eigenvalue weighted by molar-refractivity contribution is 6.10. The summed E-state index contributed by atoms with van der Waals surface area (Å²) in [5.74, 6) is -4.24. The van der Waals surface area contributed by atoms with Crippen LogP contribution in [-0.4, -0.2) is 78.3 Å². The Bertz CT molecular complexity index is 1810. The van der Waals surface area contributed by atoms with E-state index in [1.807, 2.05) is 66.7 Å². The van der Waals surface area contributed by atoms with Crippen molar-refractivity contribution in [2.75, 3.05) is 24.5 Å². The first kappa shape index (κ1) is 40.4. The van der Waals surface area contributed by atoms with E-state index in [2.05, 4.69) is 10.6 Å². The second-order valence-corrected chi connectivity index (χ2v) is 13.0. The molecule has 2 heterocycles. The maximum absolute atomic E-state index is 14.3. The predicted molar refractivity (Wildman–Crippen MR) is 187 cm³/mol. The number of fused-ring (bicyclic) bond motifs is 1. The number of anilines is 1. The molecule has 0 spiro atoms. The van der Waals surface area contributed by atoms with Crippen molar-refractivity contribution in [3.63, 3.8) is 0 Å². The maximum atomic E-state index is 14.3. The van der Waals surface area contributed by atoms with Gasteiger partial charge in [0.2, 0.25) is 5.91 Å². The van der Waals surface area contributed by atoms with Crippen LogP contribution in [0.15, 0.2) is 78.9 Å². The first-order chi connectivity index (χ1) is 25.2. The summed E-state index contributed by atoms with van der Waals surface area (Å²) in [5.41, 5.74) is 4.12. The largest absolute Gasteiger partial charge is 0.490 e.